The molecule has 10 nitrogen and oxygen atoms in total. The van der Waals surface area contributed by atoms with Gasteiger partial charge in [-0.3, -0.25) is 9.48 Å². The molecule has 4 aromatic rings. The van der Waals surface area contributed by atoms with E-state index in [-0.39, 0.29) is 17.8 Å². The maximum atomic E-state index is 14.5. The Bertz CT molecular complexity index is 1550. The van der Waals surface area contributed by atoms with Crippen molar-refractivity contribution < 1.29 is 18.7 Å². The van der Waals surface area contributed by atoms with E-state index in [1.807, 2.05) is 33.0 Å². The SMILES string of the molecule is Cc1cn2cc(NC(=O)c3ccc(N4CCN(C(=O)OC(C)(C)C)C[C@H]4C)c4cn(C)nc34)cc(F)c2n1. The minimum absolute atomic E-state index is 0.0210. The van der Waals surface area contributed by atoms with Crippen molar-refractivity contribution in [2.75, 3.05) is 29.9 Å². The number of aryl methyl sites for hydroxylation is 2. The van der Waals surface area contributed by atoms with Crippen molar-refractivity contribution in [1.82, 2.24) is 24.1 Å². The summed E-state index contributed by atoms with van der Waals surface area (Å²) < 4.78 is 23.3. The summed E-state index contributed by atoms with van der Waals surface area (Å²) in [5.41, 5.74) is 2.51. The lowest BCUT2D eigenvalue weighted by Gasteiger charge is -2.41. The van der Waals surface area contributed by atoms with Crippen LogP contribution in [0, 0.1) is 12.7 Å². The fourth-order valence-electron chi connectivity index (χ4n) is 4.89. The van der Waals surface area contributed by atoms with Crippen LogP contribution < -0.4 is 10.2 Å². The minimum atomic E-state index is -0.551. The first-order valence-corrected chi connectivity index (χ1v) is 12.6. The van der Waals surface area contributed by atoms with Gasteiger partial charge >= 0.3 is 6.09 Å². The van der Waals surface area contributed by atoms with Gasteiger partial charge in [0.15, 0.2) is 11.5 Å². The Morgan fingerprint density at radius 3 is 2.63 bits per heavy atom. The number of pyridine rings is 1. The number of carbonyl (C=O) groups excluding carboxylic acids is 2. The second kappa shape index (κ2) is 9.30. The van der Waals surface area contributed by atoms with Crippen LogP contribution in [-0.2, 0) is 11.8 Å². The molecule has 200 valence electrons. The van der Waals surface area contributed by atoms with Crippen molar-refractivity contribution in [3.8, 4) is 0 Å². The molecule has 1 atom stereocenters. The monoisotopic (exact) mass is 521 g/mol. The highest BCUT2D eigenvalue weighted by Crippen LogP contribution is 2.32. The summed E-state index contributed by atoms with van der Waals surface area (Å²) in [4.78, 5) is 34.0. The van der Waals surface area contributed by atoms with Crippen molar-refractivity contribution in [2.24, 2.45) is 7.05 Å². The summed E-state index contributed by atoms with van der Waals surface area (Å²) in [6.45, 7) is 11.0. The smallest absolute Gasteiger partial charge is 0.410 e. The molecule has 4 heterocycles. The minimum Gasteiger partial charge on any atom is -0.444 e. The normalized spacial score (nSPS) is 16.3. The molecule has 1 fully saturated rings. The Balaban J connectivity index is 1.40. The summed E-state index contributed by atoms with van der Waals surface area (Å²) in [5, 5.41) is 8.19. The van der Waals surface area contributed by atoms with Gasteiger partial charge in [0.1, 0.15) is 11.1 Å². The van der Waals surface area contributed by atoms with Gasteiger partial charge in [-0.15, -0.1) is 0 Å². The lowest BCUT2D eigenvalue weighted by atomic mass is 10.1. The number of carbonyl (C=O) groups is 2. The average Bonchev–Trinajstić information content (AvgIpc) is 3.39. The fourth-order valence-corrected chi connectivity index (χ4v) is 4.89. The fraction of sp³-hybridized carbons (Fsp3) is 0.407. The van der Waals surface area contributed by atoms with Gasteiger partial charge in [-0.2, -0.15) is 5.10 Å². The van der Waals surface area contributed by atoms with Crippen LogP contribution in [0.2, 0.25) is 0 Å². The van der Waals surface area contributed by atoms with Crippen LogP contribution >= 0.6 is 0 Å². The number of imidazole rings is 1. The molecule has 0 spiro atoms. The van der Waals surface area contributed by atoms with E-state index in [1.54, 1.807) is 46.4 Å². The second-order valence-corrected chi connectivity index (χ2v) is 10.8. The predicted octanol–water partition coefficient (Wildman–Crippen LogP) is 4.37. The second-order valence-electron chi connectivity index (χ2n) is 10.8. The largest absolute Gasteiger partial charge is 0.444 e. The standard InChI is InChI=1S/C27H32FN7O3/c1-16-12-34-14-18(11-21(28)24(34)29-16)30-25(36)19-7-8-22(20-15-32(6)31-23(19)20)35-10-9-33(13-17(35)2)26(37)38-27(3,4)5/h7-8,11-12,14-15,17H,9-10,13H2,1-6H3,(H,30,36)/t17-/m1/s1. The van der Waals surface area contributed by atoms with E-state index in [0.717, 1.165) is 11.1 Å². The van der Waals surface area contributed by atoms with Gasteiger partial charge < -0.3 is 24.3 Å². The Morgan fingerprint density at radius 2 is 1.92 bits per heavy atom. The van der Waals surface area contributed by atoms with Crippen LogP contribution in [0.4, 0.5) is 20.6 Å². The zero-order valence-electron chi connectivity index (χ0n) is 22.4. The van der Waals surface area contributed by atoms with Gasteiger partial charge in [-0.05, 0) is 46.8 Å². The molecule has 0 aliphatic carbocycles. The molecule has 0 bridgehead atoms. The number of rotatable bonds is 3. The Hall–Kier alpha value is -4.15. The topological polar surface area (TPSA) is 97.0 Å². The molecule has 0 radical (unpaired) electrons. The molecule has 38 heavy (non-hydrogen) atoms. The maximum absolute atomic E-state index is 14.5. The molecule has 0 saturated carbocycles. The summed E-state index contributed by atoms with van der Waals surface area (Å²) >= 11 is 0. The zero-order valence-corrected chi connectivity index (χ0v) is 22.4. The molecule has 1 aliphatic rings. The third kappa shape index (κ3) is 4.88. The molecule has 1 aliphatic heterocycles. The number of halogens is 1. The maximum Gasteiger partial charge on any atom is 0.410 e. The van der Waals surface area contributed by atoms with Crippen LogP contribution in [-0.4, -0.2) is 67.3 Å². The van der Waals surface area contributed by atoms with E-state index in [9.17, 15) is 14.0 Å². The van der Waals surface area contributed by atoms with E-state index >= 15 is 0 Å². The van der Waals surface area contributed by atoms with Gasteiger partial charge in [0.2, 0.25) is 0 Å². The molecular weight excluding hydrogens is 489 g/mol. The van der Waals surface area contributed by atoms with Crippen LogP contribution in [0.25, 0.3) is 16.6 Å². The van der Waals surface area contributed by atoms with Crippen molar-refractivity contribution in [3.63, 3.8) is 0 Å². The van der Waals surface area contributed by atoms with E-state index in [0.29, 0.717) is 42.1 Å². The van der Waals surface area contributed by atoms with Gasteiger partial charge in [0.05, 0.1) is 16.9 Å². The van der Waals surface area contributed by atoms with Crippen LogP contribution in [0.5, 0.6) is 0 Å². The number of hydrogen-bond acceptors (Lipinski definition) is 6. The van der Waals surface area contributed by atoms with Gasteiger partial charge in [0.25, 0.3) is 5.91 Å². The quantitative estimate of drug-likeness (QED) is 0.430. The van der Waals surface area contributed by atoms with Gasteiger partial charge in [-0.1, -0.05) is 0 Å². The summed E-state index contributed by atoms with van der Waals surface area (Å²) in [7, 11) is 1.81. The van der Waals surface area contributed by atoms with E-state index < -0.39 is 17.3 Å². The van der Waals surface area contributed by atoms with Crippen molar-refractivity contribution in [1.29, 1.82) is 0 Å². The van der Waals surface area contributed by atoms with Crippen LogP contribution in [0.15, 0.2) is 36.8 Å². The number of amides is 2. The molecule has 2 amide bonds. The first-order chi connectivity index (χ1) is 17.9. The number of anilines is 2. The zero-order chi connectivity index (χ0) is 27.4. The third-order valence-electron chi connectivity index (χ3n) is 6.49. The van der Waals surface area contributed by atoms with E-state index in [4.69, 9.17) is 4.74 Å². The predicted molar refractivity (Wildman–Crippen MR) is 143 cm³/mol. The van der Waals surface area contributed by atoms with Crippen molar-refractivity contribution in [3.05, 3.63) is 53.9 Å². The molecule has 1 aromatic carbocycles. The number of hydrogen-bond donors (Lipinski definition) is 1. The first kappa shape index (κ1) is 25.5. The number of piperazine rings is 1. The van der Waals surface area contributed by atoms with Crippen molar-refractivity contribution in [2.45, 2.75) is 46.3 Å². The Kier molecular flexibility index (Phi) is 6.24. The van der Waals surface area contributed by atoms with Crippen LogP contribution in [0.3, 0.4) is 0 Å². The average molecular weight is 522 g/mol. The number of benzene rings is 1. The van der Waals surface area contributed by atoms with Crippen molar-refractivity contribution >= 4 is 39.9 Å². The highest BCUT2D eigenvalue weighted by atomic mass is 19.1. The van der Waals surface area contributed by atoms with Gasteiger partial charge in [0, 0.05) is 68.5 Å². The number of aromatic nitrogens is 4. The molecule has 1 N–H and O–H groups in total. The summed E-state index contributed by atoms with van der Waals surface area (Å²) in [5.74, 6) is -0.910. The lowest BCUT2D eigenvalue weighted by Crippen LogP contribution is -2.54. The molecule has 5 rings (SSSR count). The Labute approximate surface area is 220 Å². The van der Waals surface area contributed by atoms with E-state index in [1.165, 1.54) is 6.07 Å². The Morgan fingerprint density at radius 1 is 1.16 bits per heavy atom. The van der Waals surface area contributed by atoms with Gasteiger partial charge in [-0.25, -0.2) is 14.2 Å². The molecule has 3 aromatic heterocycles. The lowest BCUT2D eigenvalue weighted by molar-refractivity contribution is 0.0219. The summed E-state index contributed by atoms with van der Waals surface area (Å²) in [6.07, 6.45) is 4.90. The molecular formula is C27H32FN7O3. The molecule has 1 saturated heterocycles. The molecule has 11 heteroatoms. The number of nitrogens with zero attached hydrogens (tertiary/aromatic N) is 6. The van der Waals surface area contributed by atoms with E-state index in [2.05, 4.69) is 27.2 Å². The number of fused-ring (bicyclic) bond motifs is 2. The molecule has 0 unspecified atom stereocenters. The number of ether oxygens (including phenoxy) is 1. The van der Waals surface area contributed by atoms with Crippen LogP contribution in [0.1, 0.15) is 43.7 Å². The highest BCUT2D eigenvalue weighted by molar-refractivity contribution is 6.14. The summed E-state index contributed by atoms with van der Waals surface area (Å²) in [6, 6.07) is 4.92. The highest BCUT2D eigenvalue weighted by Gasteiger charge is 2.31. The third-order valence-corrected chi connectivity index (χ3v) is 6.49. The number of nitrogens with one attached hydrogen (secondary N) is 1. The first-order valence-electron chi connectivity index (χ1n) is 12.6.